The Labute approximate surface area is 177 Å². The first-order chi connectivity index (χ1) is 13.8. The molecule has 0 amide bonds. The predicted octanol–water partition coefficient (Wildman–Crippen LogP) is 7.24. The van der Waals surface area contributed by atoms with Crippen LogP contribution in [-0.4, -0.2) is 15.4 Å². The van der Waals surface area contributed by atoms with Crippen LogP contribution in [0.5, 0.6) is 5.75 Å². The number of methoxy groups -OCH3 is 1. The lowest BCUT2D eigenvalue weighted by molar-refractivity contribution is 0.163. The van der Waals surface area contributed by atoms with E-state index in [0.29, 0.717) is 16.6 Å². The second-order valence-corrected chi connectivity index (χ2v) is 14.1. The molecule has 3 nitrogen and oxygen atoms in total. The van der Waals surface area contributed by atoms with E-state index >= 15 is 0 Å². The minimum atomic E-state index is -2.19. The Kier molecular flexibility index (Phi) is 8.07. The number of hydrogen-bond donors (Lipinski definition) is 0. The van der Waals surface area contributed by atoms with Crippen LogP contribution in [0.25, 0.3) is 0 Å². The Balaban J connectivity index is 2.61. The van der Waals surface area contributed by atoms with Gasteiger partial charge in [0.05, 0.1) is 19.3 Å². The van der Waals surface area contributed by atoms with Gasteiger partial charge in [0, 0.05) is 0 Å². The van der Waals surface area contributed by atoms with Crippen molar-refractivity contribution < 1.29 is 9.16 Å². The van der Waals surface area contributed by atoms with Gasteiger partial charge in [0.15, 0.2) is 0 Å². The molecule has 0 aliphatic carbocycles. The van der Waals surface area contributed by atoms with Gasteiger partial charge in [0.1, 0.15) is 11.7 Å². The first-order valence-electron chi connectivity index (χ1n) is 10.5. The molecular weight excluding hydrogens is 374 g/mol. The van der Waals surface area contributed by atoms with Gasteiger partial charge in [-0.3, -0.25) is 0 Å². The van der Waals surface area contributed by atoms with Gasteiger partial charge in [-0.15, -0.1) is 0 Å². The Morgan fingerprint density at radius 3 is 1.69 bits per heavy atom. The summed E-state index contributed by atoms with van der Waals surface area (Å²) in [5.41, 5.74) is 3.35. The van der Waals surface area contributed by atoms with E-state index in [1.165, 1.54) is 0 Å². The van der Waals surface area contributed by atoms with E-state index in [2.05, 4.69) is 47.6 Å². The quantitative estimate of drug-likeness (QED) is 0.410. The summed E-state index contributed by atoms with van der Waals surface area (Å²) in [6.45, 7) is 13.7. The van der Waals surface area contributed by atoms with Gasteiger partial charge in [-0.25, -0.2) is 0 Å². The van der Waals surface area contributed by atoms with Crippen LogP contribution >= 0.6 is 0 Å². The molecule has 2 atom stereocenters. The van der Waals surface area contributed by atoms with Crippen molar-refractivity contribution in [3.8, 4) is 11.8 Å². The number of ether oxygens (including phenoxy) is 1. The zero-order chi connectivity index (χ0) is 21.6. The second-order valence-electron chi connectivity index (χ2n) is 8.65. The first-order valence-corrected chi connectivity index (χ1v) is 12.7. The zero-order valence-electron chi connectivity index (χ0n) is 18.8. The fraction of sp³-hybridized carbons (Fsp3) is 0.480. The van der Waals surface area contributed by atoms with Gasteiger partial charge in [-0.1, -0.05) is 84.0 Å². The average molecular weight is 410 g/mol. The number of nitriles is 1. The third-order valence-electron chi connectivity index (χ3n) is 6.08. The van der Waals surface area contributed by atoms with Gasteiger partial charge >= 0.3 is 0 Å². The highest BCUT2D eigenvalue weighted by Crippen LogP contribution is 2.48. The molecule has 156 valence electrons. The summed E-state index contributed by atoms with van der Waals surface area (Å²) >= 11 is 0. The molecule has 0 heterocycles. The molecule has 2 aromatic rings. The molecule has 0 radical (unpaired) electrons. The van der Waals surface area contributed by atoms with E-state index in [1.807, 2.05) is 54.6 Å². The van der Waals surface area contributed by atoms with Gasteiger partial charge in [0.2, 0.25) is 8.32 Å². The van der Waals surface area contributed by atoms with Crippen LogP contribution in [0.4, 0.5) is 0 Å². The lowest BCUT2D eigenvalue weighted by Crippen LogP contribution is -2.49. The molecule has 2 unspecified atom stereocenters. The predicted molar refractivity (Wildman–Crippen MR) is 123 cm³/mol. The maximum absolute atomic E-state index is 10.2. The van der Waals surface area contributed by atoms with Crippen molar-refractivity contribution in [2.75, 3.05) is 7.11 Å². The molecule has 2 rings (SSSR count). The maximum atomic E-state index is 10.2. The van der Waals surface area contributed by atoms with Crippen LogP contribution in [0.2, 0.25) is 16.6 Å². The van der Waals surface area contributed by atoms with Crippen LogP contribution in [0.1, 0.15) is 64.7 Å². The normalized spacial score (nSPS) is 14.1. The Bertz CT molecular complexity index is 772. The van der Waals surface area contributed by atoms with E-state index in [4.69, 9.17) is 9.16 Å². The van der Waals surface area contributed by atoms with E-state index in [9.17, 15) is 5.26 Å². The summed E-state index contributed by atoms with van der Waals surface area (Å²) in [7, 11) is -0.524. The van der Waals surface area contributed by atoms with Gasteiger partial charge in [0.25, 0.3) is 0 Å². The van der Waals surface area contributed by atoms with Crippen molar-refractivity contribution in [3.63, 3.8) is 0 Å². The second kappa shape index (κ2) is 10.1. The highest BCUT2D eigenvalue weighted by atomic mass is 28.4. The van der Waals surface area contributed by atoms with Crippen molar-refractivity contribution in [3.05, 3.63) is 65.7 Å². The number of nitrogens with zero attached hydrogens (tertiary/aromatic N) is 1. The largest absolute Gasteiger partial charge is 0.497 e. The fourth-order valence-corrected chi connectivity index (χ4v) is 10.3. The van der Waals surface area contributed by atoms with Gasteiger partial charge < -0.3 is 9.16 Å². The summed E-state index contributed by atoms with van der Waals surface area (Å²) < 4.78 is 12.5. The average Bonchev–Trinajstić information content (AvgIpc) is 2.71. The number of hydrogen-bond acceptors (Lipinski definition) is 3. The Morgan fingerprint density at radius 2 is 1.28 bits per heavy atom. The summed E-state index contributed by atoms with van der Waals surface area (Å²) in [6, 6.07) is 20.5. The van der Waals surface area contributed by atoms with E-state index < -0.39 is 8.32 Å². The molecule has 29 heavy (non-hydrogen) atoms. The number of benzene rings is 2. The van der Waals surface area contributed by atoms with Crippen LogP contribution < -0.4 is 4.74 Å². The van der Waals surface area contributed by atoms with Crippen molar-refractivity contribution in [1.29, 1.82) is 5.26 Å². The number of rotatable bonds is 9. The minimum absolute atomic E-state index is 0.313. The van der Waals surface area contributed by atoms with Crippen LogP contribution in [0, 0.1) is 11.3 Å². The third kappa shape index (κ3) is 4.91. The highest BCUT2D eigenvalue weighted by molar-refractivity contribution is 6.77. The standard InChI is InChI=1S/C25H35NO2Si/c1-18(2)29(19(3)4,20(5)6)28-25(22-13-15-23(27-7)16-14-22)24(17-26)21-11-9-8-10-12-21/h8-16,18-20,24-25H,1-7H3. The SMILES string of the molecule is COc1ccc(C(O[Si](C(C)C)(C(C)C)C(C)C)C(C#N)c2ccccc2)cc1. The van der Waals surface area contributed by atoms with Crippen LogP contribution in [0.3, 0.4) is 0 Å². The van der Waals surface area contributed by atoms with Crippen LogP contribution in [-0.2, 0) is 4.43 Å². The molecule has 0 N–H and O–H groups in total. The van der Waals surface area contributed by atoms with Crippen molar-refractivity contribution in [2.24, 2.45) is 0 Å². The molecule has 0 spiro atoms. The minimum Gasteiger partial charge on any atom is -0.497 e. The van der Waals surface area contributed by atoms with E-state index in [1.54, 1.807) is 7.11 Å². The van der Waals surface area contributed by atoms with Gasteiger partial charge in [-0.2, -0.15) is 5.26 Å². The van der Waals surface area contributed by atoms with Crippen molar-refractivity contribution >= 4 is 8.32 Å². The molecule has 0 aliphatic heterocycles. The Hall–Kier alpha value is -2.09. The smallest absolute Gasteiger partial charge is 0.201 e. The highest BCUT2D eigenvalue weighted by Gasteiger charge is 2.48. The molecule has 0 fully saturated rings. The molecular formula is C25H35NO2Si. The zero-order valence-corrected chi connectivity index (χ0v) is 19.8. The van der Waals surface area contributed by atoms with E-state index in [-0.39, 0.29) is 12.0 Å². The molecule has 0 aliphatic rings. The molecule has 2 aromatic carbocycles. The molecule has 0 saturated heterocycles. The topological polar surface area (TPSA) is 42.2 Å². The first kappa shape index (κ1) is 23.2. The molecule has 0 bridgehead atoms. The monoisotopic (exact) mass is 409 g/mol. The lowest BCUT2D eigenvalue weighted by atomic mass is 9.90. The third-order valence-corrected chi connectivity index (χ3v) is 12.2. The van der Waals surface area contributed by atoms with Crippen LogP contribution in [0.15, 0.2) is 54.6 Å². The summed E-state index contributed by atoms with van der Waals surface area (Å²) in [6.07, 6.45) is -0.313. The fourth-order valence-electron chi connectivity index (χ4n) is 4.73. The van der Waals surface area contributed by atoms with E-state index in [0.717, 1.165) is 16.9 Å². The summed E-state index contributed by atoms with van der Waals surface area (Å²) in [5, 5.41) is 10.2. The maximum Gasteiger partial charge on any atom is 0.201 e. The summed E-state index contributed by atoms with van der Waals surface area (Å²) in [4.78, 5) is 0. The Morgan fingerprint density at radius 1 is 0.759 bits per heavy atom. The lowest BCUT2D eigenvalue weighted by Gasteiger charge is -2.45. The molecule has 4 heteroatoms. The molecule has 0 saturated carbocycles. The van der Waals surface area contributed by atoms with Gasteiger partial charge in [-0.05, 0) is 39.9 Å². The van der Waals surface area contributed by atoms with Crippen molar-refractivity contribution in [1.82, 2.24) is 0 Å². The summed E-state index contributed by atoms with van der Waals surface area (Å²) in [5.74, 6) is 0.438. The molecule has 0 aromatic heterocycles. The van der Waals surface area contributed by atoms with Crippen molar-refractivity contribution in [2.45, 2.75) is 70.2 Å².